The third-order valence-electron chi connectivity index (χ3n) is 2.53. The van der Waals surface area contributed by atoms with Crippen LogP contribution in [0.15, 0.2) is 18.2 Å². The summed E-state index contributed by atoms with van der Waals surface area (Å²) in [5, 5.41) is 0. The number of carbonyl (C=O) groups is 1. The molecular formula is C11H13NO3. The average Bonchev–Trinajstić information content (AvgIpc) is 2.28. The summed E-state index contributed by atoms with van der Waals surface area (Å²) in [5.74, 6) is 0.281. The van der Waals surface area contributed by atoms with Crippen molar-refractivity contribution < 1.29 is 14.3 Å². The molecule has 4 nitrogen and oxygen atoms in total. The highest BCUT2D eigenvalue weighted by molar-refractivity contribution is 5.76. The molecule has 2 rings (SSSR count). The minimum atomic E-state index is -0.521. The summed E-state index contributed by atoms with van der Waals surface area (Å²) < 4.78 is 10.2. The van der Waals surface area contributed by atoms with E-state index >= 15 is 0 Å². The number of para-hydroxylation sites is 1. The van der Waals surface area contributed by atoms with Gasteiger partial charge in [0.15, 0.2) is 6.10 Å². The average molecular weight is 207 g/mol. The second-order valence-electron chi connectivity index (χ2n) is 3.50. The highest BCUT2D eigenvalue weighted by atomic mass is 16.6. The van der Waals surface area contributed by atoms with Gasteiger partial charge in [-0.2, -0.15) is 0 Å². The molecule has 4 heteroatoms. The molecular weight excluding hydrogens is 194 g/mol. The van der Waals surface area contributed by atoms with E-state index in [1.54, 1.807) is 6.07 Å². The van der Waals surface area contributed by atoms with Gasteiger partial charge >= 0.3 is 5.97 Å². The Bertz CT molecular complexity index is 389. The molecule has 0 saturated heterocycles. The number of rotatable bonds is 1. The van der Waals surface area contributed by atoms with Crippen molar-refractivity contribution in [1.29, 1.82) is 0 Å². The maximum atomic E-state index is 11.3. The zero-order valence-electron chi connectivity index (χ0n) is 8.53. The summed E-state index contributed by atoms with van der Waals surface area (Å²) in [6.45, 7) is 0. The molecule has 0 amide bonds. The van der Waals surface area contributed by atoms with Crippen LogP contribution in [0.5, 0.6) is 5.75 Å². The number of esters is 1. The van der Waals surface area contributed by atoms with E-state index in [9.17, 15) is 4.79 Å². The molecule has 1 heterocycles. The first-order valence-electron chi connectivity index (χ1n) is 4.84. The van der Waals surface area contributed by atoms with Gasteiger partial charge in [-0.25, -0.2) is 4.79 Å². The minimum Gasteiger partial charge on any atom is -0.476 e. The summed E-state index contributed by atoms with van der Waals surface area (Å²) in [6, 6.07) is 5.60. The maximum absolute atomic E-state index is 11.3. The number of nitrogen functional groups attached to an aromatic ring is 1. The Hall–Kier alpha value is -1.71. The van der Waals surface area contributed by atoms with Crippen LogP contribution in [0.3, 0.4) is 0 Å². The Morgan fingerprint density at radius 2 is 2.40 bits per heavy atom. The van der Waals surface area contributed by atoms with Crippen molar-refractivity contribution in [3.05, 3.63) is 23.8 Å². The molecule has 1 aromatic carbocycles. The van der Waals surface area contributed by atoms with Crippen LogP contribution < -0.4 is 10.5 Å². The van der Waals surface area contributed by atoms with Crippen molar-refractivity contribution in [3.8, 4) is 5.75 Å². The van der Waals surface area contributed by atoms with Crippen LogP contribution in [0.4, 0.5) is 5.69 Å². The Labute approximate surface area is 88.0 Å². The predicted octanol–water partition coefficient (Wildman–Crippen LogP) is 1.14. The van der Waals surface area contributed by atoms with Gasteiger partial charge in [0.25, 0.3) is 0 Å². The van der Waals surface area contributed by atoms with Crippen LogP contribution in [0.2, 0.25) is 0 Å². The van der Waals surface area contributed by atoms with Gasteiger partial charge in [-0.1, -0.05) is 12.1 Å². The number of benzene rings is 1. The highest BCUT2D eigenvalue weighted by Crippen LogP contribution is 2.33. The number of nitrogens with two attached hydrogens (primary N) is 1. The Balaban J connectivity index is 2.26. The standard InChI is InChI=1S/C11H13NO3/c1-14-11(13)9-6-5-7-3-2-4-8(12)10(7)15-9/h2-4,9H,5-6,12H2,1H3. The predicted molar refractivity (Wildman–Crippen MR) is 55.6 cm³/mol. The van der Waals surface area contributed by atoms with E-state index in [0.29, 0.717) is 17.9 Å². The monoisotopic (exact) mass is 207 g/mol. The van der Waals surface area contributed by atoms with Gasteiger partial charge in [-0.15, -0.1) is 0 Å². The number of hydrogen-bond donors (Lipinski definition) is 1. The molecule has 15 heavy (non-hydrogen) atoms. The summed E-state index contributed by atoms with van der Waals surface area (Å²) in [5.41, 5.74) is 7.39. The number of anilines is 1. The van der Waals surface area contributed by atoms with E-state index in [1.807, 2.05) is 12.1 Å². The number of methoxy groups -OCH3 is 1. The van der Waals surface area contributed by atoms with Crippen LogP contribution >= 0.6 is 0 Å². The summed E-state index contributed by atoms with van der Waals surface area (Å²) in [6.07, 6.45) is 0.913. The van der Waals surface area contributed by atoms with Crippen LogP contribution in [-0.2, 0) is 16.0 Å². The SMILES string of the molecule is COC(=O)C1CCc2cccc(N)c2O1. The number of carbonyl (C=O) groups excluding carboxylic acids is 1. The van der Waals surface area contributed by atoms with Gasteiger partial charge < -0.3 is 15.2 Å². The summed E-state index contributed by atoms with van der Waals surface area (Å²) >= 11 is 0. The molecule has 1 atom stereocenters. The van der Waals surface area contributed by atoms with Gasteiger partial charge in [0.05, 0.1) is 12.8 Å². The fraction of sp³-hybridized carbons (Fsp3) is 0.364. The van der Waals surface area contributed by atoms with Crippen molar-refractivity contribution in [2.24, 2.45) is 0 Å². The van der Waals surface area contributed by atoms with Gasteiger partial charge in [0.1, 0.15) is 5.75 Å². The van der Waals surface area contributed by atoms with Crippen molar-refractivity contribution in [2.75, 3.05) is 12.8 Å². The van der Waals surface area contributed by atoms with Crippen LogP contribution in [0, 0.1) is 0 Å². The molecule has 1 aromatic rings. The minimum absolute atomic E-state index is 0.344. The third kappa shape index (κ3) is 1.75. The summed E-state index contributed by atoms with van der Waals surface area (Å²) in [4.78, 5) is 11.3. The van der Waals surface area contributed by atoms with Crippen molar-refractivity contribution in [3.63, 3.8) is 0 Å². The molecule has 0 radical (unpaired) electrons. The first-order valence-corrected chi connectivity index (χ1v) is 4.84. The topological polar surface area (TPSA) is 61.5 Å². The van der Waals surface area contributed by atoms with E-state index in [1.165, 1.54) is 7.11 Å². The lowest BCUT2D eigenvalue weighted by atomic mass is 10.0. The number of aryl methyl sites for hydroxylation is 1. The molecule has 1 aliphatic rings. The Morgan fingerprint density at radius 3 is 3.13 bits per heavy atom. The fourth-order valence-corrected chi connectivity index (χ4v) is 1.73. The first kappa shape index (κ1) is 9.83. The van der Waals surface area contributed by atoms with Crippen LogP contribution in [0.25, 0.3) is 0 Å². The highest BCUT2D eigenvalue weighted by Gasteiger charge is 2.27. The molecule has 0 bridgehead atoms. The smallest absolute Gasteiger partial charge is 0.347 e. The van der Waals surface area contributed by atoms with E-state index in [-0.39, 0.29) is 5.97 Å². The zero-order chi connectivity index (χ0) is 10.8. The zero-order valence-corrected chi connectivity index (χ0v) is 8.53. The van der Waals surface area contributed by atoms with E-state index < -0.39 is 6.10 Å². The van der Waals surface area contributed by atoms with Crippen molar-refractivity contribution >= 4 is 11.7 Å². The third-order valence-corrected chi connectivity index (χ3v) is 2.53. The van der Waals surface area contributed by atoms with E-state index in [2.05, 4.69) is 4.74 Å². The van der Waals surface area contributed by atoms with E-state index in [4.69, 9.17) is 10.5 Å². The van der Waals surface area contributed by atoms with Crippen LogP contribution in [-0.4, -0.2) is 19.2 Å². The van der Waals surface area contributed by atoms with Gasteiger partial charge in [-0.3, -0.25) is 0 Å². The Morgan fingerprint density at radius 1 is 1.60 bits per heavy atom. The Kier molecular flexibility index (Phi) is 2.49. The number of ether oxygens (including phenoxy) is 2. The molecule has 1 aliphatic heterocycles. The molecule has 80 valence electrons. The van der Waals surface area contributed by atoms with E-state index in [0.717, 1.165) is 12.0 Å². The normalized spacial score (nSPS) is 18.9. The molecule has 0 spiro atoms. The maximum Gasteiger partial charge on any atom is 0.347 e. The quantitative estimate of drug-likeness (QED) is 0.554. The summed E-state index contributed by atoms with van der Waals surface area (Å²) in [7, 11) is 1.36. The van der Waals surface area contributed by atoms with Crippen molar-refractivity contribution in [2.45, 2.75) is 18.9 Å². The van der Waals surface area contributed by atoms with Gasteiger partial charge in [0.2, 0.25) is 0 Å². The molecule has 0 aromatic heterocycles. The lowest BCUT2D eigenvalue weighted by Gasteiger charge is -2.25. The van der Waals surface area contributed by atoms with Gasteiger partial charge in [0, 0.05) is 0 Å². The number of hydrogen-bond acceptors (Lipinski definition) is 4. The second kappa shape index (κ2) is 3.81. The lowest BCUT2D eigenvalue weighted by Crippen LogP contribution is -2.32. The first-order chi connectivity index (χ1) is 7.22. The number of fused-ring (bicyclic) bond motifs is 1. The van der Waals surface area contributed by atoms with Gasteiger partial charge in [-0.05, 0) is 24.5 Å². The van der Waals surface area contributed by atoms with Crippen molar-refractivity contribution in [1.82, 2.24) is 0 Å². The molecule has 0 fully saturated rings. The molecule has 0 saturated carbocycles. The molecule has 0 aliphatic carbocycles. The molecule has 1 unspecified atom stereocenters. The fourth-order valence-electron chi connectivity index (χ4n) is 1.73. The van der Waals surface area contributed by atoms with Crippen LogP contribution in [0.1, 0.15) is 12.0 Å². The molecule has 2 N–H and O–H groups in total. The largest absolute Gasteiger partial charge is 0.476 e. The second-order valence-corrected chi connectivity index (χ2v) is 3.50. The lowest BCUT2D eigenvalue weighted by molar-refractivity contribution is -0.149.